The van der Waals surface area contributed by atoms with Gasteiger partial charge in [0, 0.05) is 13.2 Å². The lowest BCUT2D eigenvalue weighted by molar-refractivity contribution is -0.151. The van der Waals surface area contributed by atoms with Crippen LogP contribution in [0.5, 0.6) is 0 Å². The highest BCUT2D eigenvalue weighted by Crippen LogP contribution is 2.07. The van der Waals surface area contributed by atoms with Crippen LogP contribution in [0.2, 0.25) is 0 Å². The van der Waals surface area contributed by atoms with E-state index in [0.29, 0.717) is 5.82 Å². The van der Waals surface area contributed by atoms with Gasteiger partial charge in [-0.25, -0.2) is 4.79 Å². The van der Waals surface area contributed by atoms with Crippen molar-refractivity contribution in [1.29, 1.82) is 0 Å². The zero-order valence-electron chi connectivity index (χ0n) is 7.40. The SMILES string of the molecule is COC(=O)C(=O)N(C)c1ccc[nH]1. The Morgan fingerprint density at radius 3 is 2.69 bits per heavy atom. The molecule has 1 rings (SSSR count). The van der Waals surface area contributed by atoms with Gasteiger partial charge in [-0.15, -0.1) is 0 Å². The number of hydrogen-bond acceptors (Lipinski definition) is 3. The van der Waals surface area contributed by atoms with E-state index < -0.39 is 11.9 Å². The summed E-state index contributed by atoms with van der Waals surface area (Å²) >= 11 is 0. The molecule has 0 aromatic carbocycles. The van der Waals surface area contributed by atoms with Crippen LogP contribution in [0.1, 0.15) is 0 Å². The molecular formula is C8H10N2O3. The van der Waals surface area contributed by atoms with E-state index in [9.17, 15) is 9.59 Å². The van der Waals surface area contributed by atoms with Crippen molar-refractivity contribution in [2.45, 2.75) is 0 Å². The number of aromatic amines is 1. The van der Waals surface area contributed by atoms with Crippen molar-refractivity contribution < 1.29 is 14.3 Å². The maximum absolute atomic E-state index is 11.2. The lowest BCUT2D eigenvalue weighted by atomic mass is 10.5. The van der Waals surface area contributed by atoms with Crippen molar-refractivity contribution >= 4 is 17.7 Å². The number of nitrogens with zero attached hydrogens (tertiary/aromatic N) is 1. The average Bonchev–Trinajstić information content (AvgIpc) is 2.67. The minimum Gasteiger partial charge on any atom is -0.462 e. The molecule has 0 atom stereocenters. The van der Waals surface area contributed by atoms with Crippen LogP contribution in [0.25, 0.3) is 0 Å². The van der Waals surface area contributed by atoms with Crippen LogP contribution in [0.3, 0.4) is 0 Å². The van der Waals surface area contributed by atoms with Crippen molar-refractivity contribution in [3.8, 4) is 0 Å². The molecule has 1 heterocycles. The molecule has 0 saturated heterocycles. The first-order valence-electron chi connectivity index (χ1n) is 3.66. The number of methoxy groups -OCH3 is 1. The summed E-state index contributed by atoms with van der Waals surface area (Å²) in [5, 5.41) is 0. The second-order valence-electron chi connectivity index (χ2n) is 2.41. The minimum atomic E-state index is -0.878. The van der Waals surface area contributed by atoms with Gasteiger partial charge >= 0.3 is 11.9 Å². The van der Waals surface area contributed by atoms with E-state index in [2.05, 4.69) is 9.72 Å². The third kappa shape index (κ3) is 1.87. The molecule has 0 unspecified atom stereocenters. The second kappa shape index (κ2) is 3.75. The van der Waals surface area contributed by atoms with Gasteiger partial charge in [0.2, 0.25) is 0 Å². The van der Waals surface area contributed by atoms with Gasteiger partial charge in [-0.1, -0.05) is 0 Å². The van der Waals surface area contributed by atoms with E-state index in [1.54, 1.807) is 18.3 Å². The fourth-order valence-corrected chi connectivity index (χ4v) is 0.863. The standard InChI is InChI=1S/C8H10N2O3/c1-10(6-4-3-5-9-6)7(11)8(12)13-2/h3-5,9H,1-2H3. The monoisotopic (exact) mass is 182 g/mol. The first kappa shape index (κ1) is 9.31. The van der Waals surface area contributed by atoms with E-state index in [1.807, 2.05) is 0 Å². The van der Waals surface area contributed by atoms with Crippen molar-refractivity contribution in [3.05, 3.63) is 18.3 Å². The van der Waals surface area contributed by atoms with Crippen LogP contribution in [0.4, 0.5) is 5.82 Å². The topological polar surface area (TPSA) is 62.4 Å². The van der Waals surface area contributed by atoms with Gasteiger partial charge < -0.3 is 9.72 Å². The summed E-state index contributed by atoms with van der Waals surface area (Å²) in [6.45, 7) is 0. The van der Waals surface area contributed by atoms with Crippen LogP contribution >= 0.6 is 0 Å². The number of H-pyrrole nitrogens is 1. The Morgan fingerprint density at radius 2 is 2.23 bits per heavy atom. The van der Waals surface area contributed by atoms with E-state index in [4.69, 9.17) is 0 Å². The van der Waals surface area contributed by atoms with Gasteiger partial charge in [0.25, 0.3) is 0 Å². The lowest BCUT2D eigenvalue weighted by Gasteiger charge is -2.12. The number of aromatic nitrogens is 1. The molecule has 1 aromatic heterocycles. The fraction of sp³-hybridized carbons (Fsp3) is 0.250. The van der Waals surface area contributed by atoms with Crippen LogP contribution < -0.4 is 4.90 Å². The number of amides is 1. The molecule has 0 aliphatic carbocycles. The molecule has 1 aromatic rings. The molecule has 0 aliphatic heterocycles. The van der Waals surface area contributed by atoms with Gasteiger partial charge in [0.05, 0.1) is 7.11 Å². The summed E-state index contributed by atoms with van der Waals surface area (Å²) in [5.41, 5.74) is 0. The number of hydrogen-bond donors (Lipinski definition) is 1. The lowest BCUT2D eigenvalue weighted by Crippen LogP contribution is -2.34. The highest BCUT2D eigenvalue weighted by Gasteiger charge is 2.20. The smallest absolute Gasteiger partial charge is 0.397 e. The summed E-state index contributed by atoms with van der Waals surface area (Å²) in [5.74, 6) is -1.03. The van der Waals surface area contributed by atoms with Crippen molar-refractivity contribution in [1.82, 2.24) is 4.98 Å². The summed E-state index contributed by atoms with van der Waals surface area (Å²) in [6.07, 6.45) is 1.66. The molecule has 1 N–H and O–H groups in total. The Bertz CT molecular complexity index is 305. The predicted molar refractivity (Wildman–Crippen MR) is 46.2 cm³/mol. The molecule has 0 radical (unpaired) electrons. The van der Waals surface area contributed by atoms with Crippen molar-refractivity contribution in [2.75, 3.05) is 19.1 Å². The van der Waals surface area contributed by atoms with E-state index >= 15 is 0 Å². The molecule has 0 bridgehead atoms. The summed E-state index contributed by atoms with van der Waals surface area (Å²) in [7, 11) is 2.66. The number of rotatable bonds is 1. The number of anilines is 1. The summed E-state index contributed by atoms with van der Waals surface area (Å²) < 4.78 is 4.29. The van der Waals surface area contributed by atoms with E-state index in [-0.39, 0.29) is 0 Å². The minimum absolute atomic E-state index is 0.551. The Kier molecular flexibility index (Phi) is 2.69. The van der Waals surface area contributed by atoms with Crippen LogP contribution in [0, 0.1) is 0 Å². The number of carbonyl (C=O) groups excluding carboxylic acids is 2. The Morgan fingerprint density at radius 1 is 1.54 bits per heavy atom. The quantitative estimate of drug-likeness (QED) is 0.496. The van der Waals surface area contributed by atoms with Gasteiger partial charge in [-0.3, -0.25) is 9.69 Å². The Labute approximate surface area is 75.3 Å². The van der Waals surface area contributed by atoms with Gasteiger partial charge in [-0.2, -0.15) is 0 Å². The molecular weight excluding hydrogens is 172 g/mol. The molecule has 0 fully saturated rings. The zero-order valence-corrected chi connectivity index (χ0v) is 7.40. The molecule has 5 heteroatoms. The third-order valence-electron chi connectivity index (χ3n) is 1.61. The molecule has 1 amide bonds. The first-order chi connectivity index (χ1) is 6.16. The average molecular weight is 182 g/mol. The van der Waals surface area contributed by atoms with E-state index in [1.165, 1.54) is 19.1 Å². The second-order valence-corrected chi connectivity index (χ2v) is 2.41. The normalized spacial score (nSPS) is 9.38. The van der Waals surface area contributed by atoms with Gasteiger partial charge in [0.15, 0.2) is 0 Å². The maximum Gasteiger partial charge on any atom is 0.397 e. The molecule has 0 aliphatic rings. The van der Waals surface area contributed by atoms with Crippen LogP contribution in [-0.2, 0) is 14.3 Å². The highest BCUT2D eigenvalue weighted by molar-refractivity contribution is 6.37. The number of nitrogens with one attached hydrogen (secondary N) is 1. The van der Waals surface area contributed by atoms with Gasteiger partial charge in [0.1, 0.15) is 5.82 Å². The predicted octanol–water partition coefficient (Wildman–Crippen LogP) is 0.150. The number of carbonyl (C=O) groups is 2. The summed E-state index contributed by atoms with van der Waals surface area (Å²) in [6, 6.07) is 3.41. The Balaban J connectivity index is 2.74. The van der Waals surface area contributed by atoms with Gasteiger partial charge in [-0.05, 0) is 12.1 Å². The van der Waals surface area contributed by atoms with Crippen LogP contribution in [-0.4, -0.2) is 31.0 Å². The number of ether oxygens (including phenoxy) is 1. The molecule has 70 valence electrons. The zero-order chi connectivity index (χ0) is 9.84. The maximum atomic E-state index is 11.2. The molecule has 5 nitrogen and oxygen atoms in total. The Hall–Kier alpha value is -1.78. The first-order valence-corrected chi connectivity index (χ1v) is 3.66. The molecule has 0 saturated carbocycles. The van der Waals surface area contributed by atoms with E-state index in [0.717, 1.165) is 0 Å². The van der Waals surface area contributed by atoms with Crippen molar-refractivity contribution in [3.63, 3.8) is 0 Å². The highest BCUT2D eigenvalue weighted by atomic mass is 16.5. The third-order valence-corrected chi connectivity index (χ3v) is 1.61. The summed E-state index contributed by atoms with van der Waals surface area (Å²) in [4.78, 5) is 26.0. The molecule has 13 heavy (non-hydrogen) atoms. The molecule has 0 spiro atoms. The van der Waals surface area contributed by atoms with Crippen molar-refractivity contribution in [2.24, 2.45) is 0 Å². The largest absolute Gasteiger partial charge is 0.462 e. The van der Waals surface area contributed by atoms with Crippen LogP contribution in [0.15, 0.2) is 18.3 Å². The number of esters is 1. The fourth-order valence-electron chi connectivity index (χ4n) is 0.863. The number of likely N-dealkylation sites (N-methyl/N-ethyl adjacent to an activating group) is 1.